The van der Waals surface area contributed by atoms with E-state index in [1.54, 1.807) is 12.1 Å². The number of fused-ring (bicyclic) bond motifs is 1. The minimum Gasteiger partial charge on any atom is -0.492 e. The third-order valence-electron chi connectivity index (χ3n) is 5.71. The summed E-state index contributed by atoms with van der Waals surface area (Å²) < 4.78 is 5.51. The van der Waals surface area contributed by atoms with Crippen molar-refractivity contribution < 1.29 is 14.6 Å². The Hall–Kier alpha value is -3.28. The number of carbonyl (C=O) groups is 1. The van der Waals surface area contributed by atoms with Crippen LogP contribution < -0.4 is 4.74 Å². The molecule has 8 heteroatoms. The monoisotopic (exact) mass is 448 g/mol. The van der Waals surface area contributed by atoms with Gasteiger partial charge in [0.25, 0.3) is 0 Å². The van der Waals surface area contributed by atoms with Crippen LogP contribution in [0, 0.1) is 18.3 Å². The van der Waals surface area contributed by atoms with Crippen molar-refractivity contribution in [1.82, 2.24) is 15.1 Å². The molecule has 0 fully saturated rings. The molecule has 0 amide bonds. The molecule has 1 aliphatic heterocycles. The molecule has 3 aromatic rings. The van der Waals surface area contributed by atoms with Crippen molar-refractivity contribution in [3.8, 4) is 33.0 Å². The number of aromatic nitrogens is 2. The number of hydrogen-bond donors (Lipinski definition) is 1. The SMILES string of the molecule is CCOc1ccc(-c2nnc(-c3ccc4c(c3C)CCN(CCC(=O)O)C4)s2)cc1C#N. The van der Waals surface area contributed by atoms with Crippen LogP contribution >= 0.6 is 11.3 Å². The fraction of sp³-hybridized carbons (Fsp3) is 0.333. The first-order valence-corrected chi connectivity index (χ1v) is 11.4. The van der Waals surface area contributed by atoms with Crippen LogP contribution in [0.4, 0.5) is 0 Å². The van der Waals surface area contributed by atoms with Crippen molar-refractivity contribution in [2.45, 2.75) is 33.2 Å². The predicted molar refractivity (Wildman–Crippen MR) is 123 cm³/mol. The van der Waals surface area contributed by atoms with Crippen LogP contribution in [0.2, 0.25) is 0 Å². The van der Waals surface area contributed by atoms with Crippen LogP contribution in [0.15, 0.2) is 30.3 Å². The van der Waals surface area contributed by atoms with Crippen molar-refractivity contribution >= 4 is 17.3 Å². The van der Waals surface area contributed by atoms with Gasteiger partial charge in [-0.05, 0) is 55.2 Å². The van der Waals surface area contributed by atoms with Crippen LogP contribution in [0.1, 0.15) is 35.6 Å². The summed E-state index contributed by atoms with van der Waals surface area (Å²) in [4.78, 5) is 13.1. The lowest BCUT2D eigenvalue weighted by atomic mass is 9.92. The van der Waals surface area contributed by atoms with E-state index in [0.717, 1.165) is 40.7 Å². The van der Waals surface area contributed by atoms with Gasteiger partial charge >= 0.3 is 5.97 Å². The maximum absolute atomic E-state index is 10.9. The van der Waals surface area contributed by atoms with Crippen LogP contribution in [-0.4, -0.2) is 45.9 Å². The summed E-state index contributed by atoms with van der Waals surface area (Å²) in [5, 5.41) is 28.8. The van der Waals surface area contributed by atoms with Gasteiger partial charge in [0.1, 0.15) is 21.8 Å². The van der Waals surface area contributed by atoms with Crippen molar-refractivity contribution in [1.29, 1.82) is 5.26 Å². The maximum Gasteiger partial charge on any atom is 0.304 e. The lowest BCUT2D eigenvalue weighted by molar-refractivity contribution is -0.137. The molecule has 0 spiro atoms. The Labute approximate surface area is 190 Å². The Kier molecular flexibility index (Phi) is 6.49. The van der Waals surface area contributed by atoms with E-state index in [9.17, 15) is 10.1 Å². The zero-order chi connectivity index (χ0) is 22.7. The van der Waals surface area contributed by atoms with Crippen molar-refractivity contribution in [2.24, 2.45) is 0 Å². The van der Waals surface area contributed by atoms with Gasteiger partial charge in [0.2, 0.25) is 0 Å². The lowest BCUT2D eigenvalue weighted by Gasteiger charge is -2.29. The summed E-state index contributed by atoms with van der Waals surface area (Å²) in [5.41, 5.74) is 6.17. The second-order valence-electron chi connectivity index (χ2n) is 7.71. The summed E-state index contributed by atoms with van der Waals surface area (Å²) in [7, 11) is 0. The molecule has 0 aliphatic carbocycles. The van der Waals surface area contributed by atoms with E-state index in [1.807, 2.05) is 13.0 Å². The van der Waals surface area contributed by atoms with Crippen LogP contribution in [0.25, 0.3) is 21.1 Å². The second kappa shape index (κ2) is 9.47. The van der Waals surface area contributed by atoms with E-state index in [0.29, 0.717) is 24.5 Å². The number of nitriles is 1. The van der Waals surface area contributed by atoms with Crippen molar-refractivity contribution in [3.63, 3.8) is 0 Å². The standard InChI is InChI=1S/C24H24N4O3S/c1-3-31-21-7-5-16(12-18(21)13-25)23-26-27-24(32-23)20-6-4-17-14-28(11-9-22(29)30)10-8-19(17)15(20)2/h4-7,12H,3,8-11,14H2,1-2H3,(H,29,30). The highest BCUT2D eigenvalue weighted by Gasteiger charge is 2.21. The summed E-state index contributed by atoms with van der Waals surface area (Å²) in [6, 6.07) is 11.9. The molecule has 0 atom stereocenters. The van der Waals surface area contributed by atoms with Crippen LogP contribution in [-0.2, 0) is 17.8 Å². The minimum atomic E-state index is -0.760. The Morgan fingerprint density at radius 2 is 2.09 bits per heavy atom. The fourth-order valence-corrected chi connectivity index (χ4v) is 4.98. The summed E-state index contributed by atoms with van der Waals surface area (Å²) >= 11 is 1.51. The molecule has 0 saturated carbocycles. The summed E-state index contributed by atoms with van der Waals surface area (Å²) in [6.07, 6.45) is 1.06. The fourth-order valence-electron chi connectivity index (χ4n) is 4.06. The number of ether oxygens (including phenoxy) is 1. The molecule has 1 aromatic heterocycles. The summed E-state index contributed by atoms with van der Waals surface area (Å²) in [5.74, 6) is -0.185. The molecule has 0 unspecified atom stereocenters. The highest BCUT2D eigenvalue weighted by atomic mass is 32.1. The maximum atomic E-state index is 10.9. The lowest BCUT2D eigenvalue weighted by Crippen LogP contribution is -2.32. The molecule has 164 valence electrons. The zero-order valence-electron chi connectivity index (χ0n) is 18.1. The molecule has 4 rings (SSSR count). The number of hydrogen-bond acceptors (Lipinski definition) is 7. The highest BCUT2D eigenvalue weighted by Crippen LogP contribution is 2.36. The summed E-state index contributed by atoms with van der Waals surface area (Å²) in [6.45, 7) is 6.71. The third kappa shape index (κ3) is 4.49. The van der Waals surface area contributed by atoms with Crippen molar-refractivity contribution in [2.75, 3.05) is 19.7 Å². The van der Waals surface area contributed by atoms with Crippen molar-refractivity contribution in [3.05, 3.63) is 52.6 Å². The van der Waals surface area contributed by atoms with Gasteiger partial charge in [-0.3, -0.25) is 9.69 Å². The van der Waals surface area contributed by atoms with Gasteiger partial charge in [0, 0.05) is 30.8 Å². The van der Waals surface area contributed by atoms with Gasteiger partial charge in [-0.15, -0.1) is 10.2 Å². The smallest absolute Gasteiger partial charge is 0.304 e. The largest absolute Gasteiger partial charge is 0.492 e. The van der Waals surface area contributed by atoms with Gasteiger partial charge in [0.05, 0.1) is 18.6 Å². The quantitative estimate of drug-likeness (QED) is 0.576. The van der Waals surface area contributed by atoms with Gasteiger partial charge in [-0.1, -0.05) is 23.5 Å². The normalized spacial score (nSPS) is 13.4. The Bertz CT molecular complexity index is 1200. The molecular weight excluding hydrogens is 424 g/mol. The predicted octanol–water partition coefficient (Wildman–Crippen LogP) is 4.28. The molecule has 2 aromatic carbocycles. The van der Waals surface area contributed by atoms with Gasteiger partial charge < -0.3 is 9.84 Å². The molecule has 7 nitrogen and oxygen atoms in total. The average molecular weight is 449 g/mol. The van der Waals surface area contributed by atoms with E-state index in [-0.39, 0.29) is 6.42 Å². The highest BCUT2D eigenvalue weighted by molar-refractivity contribution is 7.17. The number of carboxylic acids is 1. The first kappa shape index (κ1) is 21.9. The number of benzene rings is 2. The molecule has 0 saturated heterocycles. The number of aliphatic carboxylic acids is 1. The molecule has 0 bridgehead atoms. The first-order valence-electron chi connectivity index (χ1n) is 10.6. The first-order chi connectivity index (χ1) is 15.5. The van der Waals surface area contributed by atoms with E-state index < -0.39 is 5.97 Å². The Morgan fingerprint density at radius 1 is 1.28 bits per heavy atom. The molecule has 32 heavy (non-hydrogen) atoms. The van der Waals surface area contributed by atoms with Gasteiger partial charge in [0.15, 0.2) is 0 Å². The van der Waals surface area contributed by atoms with E-state index in [2.05, 4.69) is 40.2 Å². The Morgan fingerprint density at radius 3 is 2.84 bits per heavy atom. The molecule has 2 heterocycles. The Balaban J connectivity index is 1.58. The van der Waals surface area contributed by atoms with Gasteiger partial charge in [-0.2, -0.15) is 5.26 Å². The van der Waals surface area contributed by atoms with Crippen LogP contribution in [0.3, 0.4) is 0 Å². The second-order valence-corrected chi connectivity index (χ2v) is 8.69. The molecule has 1 aliphatic rings. The van der Waals surface area contributed by atoms with E-state index in [4.69, 9.17) is 9.84 Å². The van der Waals surface area contributed by atoms with E-state index in [1.165, 1.54) is 28.0 Å². The number of rotatable bonds is 7. The average Bonchev–Trinajstić information content (AvgIpc) is 3.28. The minimum absolute atomic E-state index is 0.166. The molecule has 1 N–H and O–H groups in total. The molecule has 0 radical (unpaired) electrons. The molecular formula is C24H24N4O3S. The number of carboxylic acid groups (broad SMARTS) is 1. The zero-order valence-corrected chi connectivity index (χ0v) is 18.9. The van der Waals surface area contributed by atoms with E-state index >= 15 is 0 Å². The topological polar surface area (TPSA) is 99.3 Å². The van der Waals surface area contributed by atoms with Crippen LogP contribution in [0.5, 0.6) is 5.75 Å². The third-order valence-corrected chi connectivity index (χ3v) is 6.72. The van der Waals surface area contributed by atoms with Gasteiger partial charge in [-0.25, -0.2) is 0 Å². The number of nitrogens with zero attached hydrogens (tertiary/aromatic N) is 4.